The second kappa shape index (κ2) is 7.08. The number of Topliss-reactive ketones (excluding diaryl/α,β-unsaturated/α-hetero) is 2. The van der Waals surface area contributed by atoms with Crippen molar-refractivity contribution >= 4 is 17.5 Å². The molecule has 3 aliphatic carbocycles. The Balaban J connectivity index is 2.02. The van der Waals surface area contributed by atoms with Gasteiger partial charge in [-0.05, 0) is 32.6 Å². The van der Waals surface area contributed by atoms with Crippen LogP contribution >= 0.6 is 0 Å². The van der Waals surface area contributed by atoms with Crippen LogP contribution in [0.2, 0.25) is 0 Å². The zero-order valence-corrected chi connectivity index (χ0v) is 18.1. The van der Waals surface area contributed by atoms with Gasteiger partial charge in [0.15, 0.2) is 11.4 Å². The molecule has 1 saturated carbocycles. The van der Waals surface area contributed by atoms with Crippen molar-refractivity contribution < 1.29 is 45.0 Å². The Hall–Kier alpha value is -2.83. The van der Waals surface area contributed by atoms with Gasteiger partial charge in [-0.1, -0.05) is 12.1 Å². The molecule has 178 valence electrons. The first kappa shape index (κ1) is 23.3. The van der Waals surface area contributed by atoms with Gasteiger partial charge in [-0.25, -0.2) is 0 Å². The van der Waals surface area contributed by atoms with Crippen molar-refractivity contribution in [3.05, 3.63) is 40.7 Å². The van der Waals surface area contributed by atoms with E-state index in [0.29, 0.717) is 0 Å². The van der Waals surface area contributed by atoms with Gasteiger partial charge in [-0.3, -0.25) is 19.3 Å². The van der Waals surface area contributed by atoms with Crippen LogP contribution in [0.25, 0.3) is 0 Å². The van der Waals surface area contributed by atoms with E-state index in [1.54, 1.807) is 0 Å². The molecule has 1 aromatic rings. The molecule has 0 bridgehead atoms. The lowest BCUT2D eigenvalue weighted by Crippen LogP contribution is -2.77. The van der Waals surface area contributed by atoms with Crippen molar-refractivity contribution in [3.63, 3.8) is 0 Å². The van der Waals surface area contributed by atoms with Crippen LogP contribution in [0.1, 0.15) is 22.8 Å². The number of nitrogens with zero attached hydrogens (tertiary/aromatic N) is 1. The number of likely N-dealkylation sites (N-methyl/N-ethyl adjacent to an activating group) is 1. The minimum Gasteiger partial charge on any atom is -0.510 e. The summed E-state index contributed by atoms with van der Waals surface area (Å²) in [5.41, 5.74) is -0.876. The van der Waals surface area contributed by atoms with Gasteiger partial charge < -0.3 is 36.4 Å². The normalized spacial score (nSPS) is 40.4. The zero-order valence-electron chi connectivity index (χ0n) is 18.1. The van der Waals surface area contributed by atoms with Gasteiger partial charge >= 0.3 is 0 Å². The first-order chi connectivity index (χ1) is 15.2. The molecule has 4 rings (SSSR count). The summed E-state index contributed by atoms with van der Waals surface area (Å²) in [6.07, 6.45) is -4.02. The van der Waals surface area contributed by atoms with Gasteiger partial charge in [0, 0.05) is 11.8 Å². The molecular weight excluding hydrogens is 436 g/mol. The van der Waals surface area contributed by atoms with E-state index in [4.69, 9.17) is 5.73 Å². The van der Waals surface area contributed by atoms with E-state index in [0.717, 1.165) is 0 Å². The maximum absolute atomic E-state index is 13.4. The third-order valence-electron chi connectivity index (χ3n) is 7.48. The van der Waals surface area contributed by atoms with Crippen LogP contribution in [-0.4, -0.2) is 91.0 Å². The second-order valence-corrected chi connectivity index (χ2v) is 9.41. The number of aromatic hydroxyl groups is 1. The summed E-state index contributed by atoms with van der Waals surface area (Å²) in [7, 11) is 2.89. The fourth-order valence-corrected chi connectivity index (χ4v) is 6.07. The molecule has 33 heavy (non-hydrogen) atoms. The molecule has 0 spiro atoms. The van der Waals surface area contributed by atoms with Crippen LogP contribution < -0.4 is 5.73 Å². The SMILES string of the molecule is CN(C)[C@@H]1C(O)=C(C(N)=O)C(=O)[C@@]2(O)C(O)C3C(=O)c4c(O)cccc4[C@@](C)(O)[C@H]3[C@H](O)[C@@H]12. The van der Waals surface area contributed by atoms with E-state index in [-0.39, 0.29) is 11.1 Å². The Morgan fingerprint density at radius 3 is 2.24 bits per heavy atom. The highest BCUT2D eigenvalue weighted by molar-refractivity contribution is 6.23. The maximum atomic E-state index is 13.4. The van der Waals surface area contributed by atoms with Crippen molar-refractivity contribution in [3.8, 4) is 5.75 Å². The van der Waals surface area contributed by atoms with Crippen LogP contribution in [0.15, 0.2) is 29.5 Å². The molecule has 2 unspecified atom stereocenters. The summed E-state index contributed by atoms with van der Waals surface area (Å²) in [5.74, 6) is -9.76. The number of carbonyl (C=O) groups is 3. The highest BCUT2D eigenvalue weighted by atomic mass is 16.4. The first-order valence-corrected chi connectivity index (χ1v) is 10.3. The van der Waals surface area contributed by atoms with Gasteiger partial charge in [0.1, 0.15) is 23.2 Å². The molecule has 1 aromatic carbocycles. The third-order valence-corrected chi connectivity index (χ3v) is 7.48. The fourth-order valence-electron chi connectivity index (χ4n) is 6.07. The van der Waals surface area contributed by atoms with Crippen molar-refractivity contribution in [2.45, 2.75) is 36.4 Å². The number of benzene rings is 1. The number of carbonyl (C=O) groups excluding carboxylic acids is 3. The van der Waals surface area contributed by atoms with Crippen LogP contribution in [0.3, 0.4) is 0 Å². The summed E-state index contributed by atoms with van der Waals surface area (Å²) in [4.78, 5) is 39.9. The maximum Gasteiger partial charge on any atom is 0.255 e. The molecule has 0 heterocycles. The Morgan fingerprint density at radius 2 is 1.70 bits per heavy atom. The van der Waals surface area contributed by atoms with Crippen molar-refractivity contribution in [2.24, 2.45) is 23.5 Å². The third kappa shape index (κ3) is 2.71. The van der Waals surface area contributed by atoms with Crippen molar-refractivity contribution in [1.29, 1.82) is 0 Å². The Labute approximate surface area is 188 Å². The van der Waals surface area contributed by atoms with E-state index in [1.807, 2.05) is 0 Å². The van der Waals surface area contributed by atoms with Gasteiger partial charge in [-0.15, -0.1) is 0 Å². The van der Waals surface area contributed by atoms with Crippen molar-refractivity contribution in [1.82, 2.24) is 4.90 Å². The smallest absolute Gasteiger partial charge is 0.255 e. The number of nitrogens with two attached hydrogens (primary N) is 1. The molecule has 1 fully saturated rings. The molecule has 0 saturated heterocycles. The number of aliphatic hydroxyl groups is 5. The molecule has 11 heteroatoms. The molecular formula is C22H26N2O9. The molecule has 1 amide bonds. The predicted octanol–water partition coefficient (Wildman–Crippen LogP) is -2.08. The summed E-state index contributed by atoms with van der Waals surface area (Å²) in [6, 6.07) is 2.63. The monoisotopic (exact) mass is 462 g/mol. The average molecular weight is 462 g/mol. The fraction of sp³-hybridized carbons (Fsp3) is 0.500. The van der Waals surface area contributed by atoms with Crippen LogP contribution in [-0.2, 0) is 15.2 Å². The number of hydrogen-bond donors (Lipinski definition) is 7. The molecule has 11 nitrogen and oxygen atoms in total. The number of phenols is 1. The zero-order chi connectivity index (χ0) is 24.8. The lowest BCUT2D eigenvalue weighted by molar-refractivity contribution is -0.242. The molecule has 0 aliphatic heterocycles. The molecule has 3 aliphatic rings. The number of fused-ring (bicyclic) bond motifs is 3. The highest BCUT2D eigenvalue weighted by Gasteiger charge is 2.72. The minimum absolute atomic E-state index is 0.00608. The molecule has 0 aromatic heterocycles. The van der Waals surface area contributed by atoms with E-state index in [2.05, 4.69) is 0 Å². The van der Waals surface area contributed by atoms with E-state index in [9.17, 15) is 45.0 Å². The number of ketones is 2. The number of phenolic OH excluding ortho intramolecular Hbond substituents is 1. The first-order valence-electron chi connectivity index (χ1n) is 10.3. The minimum atomic E-state index is -2.90. The van der Waals surface area contributed by atoms with Gasteiger partial charge in [0.2, 0.25) is 5.78 Å². The summed E-state index contributed by atoms with van der Waals surface area (Å²) < 4.78 is 0. The second-order valence-electron chi connectivity index (χ2n) is 9.41. The highest BCUT2D eigenvalue weighted by Crippen LogP contribution is 2.57. The average Bonchev–Trinajstić information content (AvgIpc) is 2.70. The molecule has 8 atom stereocenters. The Bertz CT molecular complexity index is 1110. The summed E-state index contributed by atoms with van der Waals surface area (Å²) in [5, 5.41) is 66.8. The number of amides is 1. The topological polar surface area (TPSA) is 202 Å². The Morgan fingerprint density at radius 1 is 1.09 bits per heavy atom. The lowest BCUT2D eigenvalue weighted by Gasteiger charge is -2.59. The van der Waals surface area contributed by atoms with Crippen LogP contribution in [0.5, 0.6) is 5.75 Å². The van der Waals surface area contributed by atoms with Crippen LogP contribution in [0.4, 0.5) is 0 Å². The molecule has 8 N–H and O–H groups in total. The van der Waals surface area contributed by atoms with E-state index < -0.39 is 81.8 Å². The quantitative estimate of drug-likeness (QED) is 0.239. The number of primary amides is 1. The predicted molar refractivity (Wildman–Crippen MR) is 111 cm³/mol. The van der Waals surface area contributed by atoms with Crippen molar-refractivity contribution in [2.75, 3.05) is 14.1 Å². The van der Waals surface area contributed by atoms with Gasteiger partial charge in [-0.2, -0.15) is 0 Å². The number of aliphatic hydroxyl groups excluding tert-OH is 3. The summed E-state index contributed by atoms with van der Waals surface area (Å²) >= 11 is 0. The Kier molecular flexibility index (Phi) is 5.01. The van der Waals surface area contributed by atoms with Gasteiger partial charge in [0.25, 0.3) is 5.91 Å². The number of rotatable bonds is 2. The van der Waals surface area contributed by atoms with Gasteiger partial charge in [0.05, 0.1) is 29.2 Å². The van der Waals surface area contributed by atoms with E-state index >= 15 is 0 Å². The lowest BCUT2D eigenvalue weighted by atomic mass is 9.49. The number of hydrogen-bond acceptors (Lipinski definition) is 10. The largest absolute Gasteiger partial charge is 0.510 e. The van der Waals surface area contributed by atoms with E-state index in [1.165, 1.54) is 44.1 Å². The molecule has 0 radical (unpaired) electrons. The summed E-state index contributed by atoms with van der Waals surface area (Å²) in [6.45, 7) is 1.29. The van der Waals surface area contributed by atoms with Crippen LogP contribution in [0, 0.1) is 17.8 Å². The standard InChI is InChI=1S/C22H26N2O9/c1-21(32)7-5-4-6-8(25)9(7)15(26)10-12(21)17(28)13-14(24(2)3)16(27)11(20(23)31)19(30)22(13,33)18(10)29/h4-6,10,12-14,17-18,25,27-29,32-33H,1-3H3,(H2,23,31)/t10?,12-,13-,14+,17+,18?,21-,22+/m1/s1.